The summed E-state index contributed by atoms with van der Waals surface area (Å²) < 4.78 is 11.2. The molecule has 1 fully saturated rings. The van der Waals surface area contributed by atoms with E-state index in [0.29, 0.717) is 18.9 Å². The number of oxazole rings is 1. The third kappa shape index (κ3) is 4.87. The number of likely N-dealkylation sites (tertiary alicyclic amines) is 1. The first-order valence-corrected chi connectivity index (χ1v) is 9.18. The van der Waals surface area contributed by atoms with Crippen LogP contribution in [0.1, 0.15) is 49.4 Å². The minimum atomic E-state index is -0.214. The molecule has 144 valence electrons. The van der Waals surface area contributed by atoms with Gasteiger partial charge < -0.3 is 19.4 Å². The number of methoxy groups -OCH3 is 1. The molecule has 2 aromatic rings. The van der Waals surface area contributed by atoms with E-state index in [1.807, 2.05) is 24.3 Å². The molecule has 7 nitrogen and oxygen atoms in total. The molecule has 0 aliphatic carbocycles. The van der Waals surface area contributed by atoms with Crippen LogP contribution in [0.5, 0.6) is 5.75 Å². The van der Waals surface area contributed by atoms with Gasteiger partial charge in [0.25, 0.3) is 0 Å². The molecule has 0 radical (unpaired) electrons. The van der Waals surface area contributed by atoms with Crippen molar-refractivity contribution in [3.05, 3.63) is 47.7 Å². The Bertz CT molecular complexity index is 802. The number of hydrogen-bond donors (Lipinski definition) is 1. The topological polar surface area (TPSA) is 84.7 Å². The predicted octanol–water partition coefficient (Wildman–Crippen LogP) is 2.46. The highest BCUT2D eigenvalue weighted by Gasteiger charge is 2.31. The van der Waals surface area contributed by atoms with E-state index in [1.54, 1.807) is 18.2 Å². The van der Waals surface area contributed by atoms with Crippen LogP contribution in [0.25, 0.3) is 0 Å². The van der Waals surface area contributed by atoms with Gasteiger partial charge in [-0.25, -0.2) is 4.98 Å². The van der Waals surface area contributed by atoms with Crippen LogP contribution >= 0.6 is 0 Å². The van der Waals surface area contributed by atoms with Gasteiger partial charge in [0.2, 0.25) is 17.7 Å². The van der Waals surface area contributed by atoms with E-state index in [4.69, 9.17) is 9.15 Å². The lowest BCUT2D eigenvalue weighted by atomic mass is 10.0. The number of nitrogens with one attached hydrogen (secondary N) is 1. The molecule has 1 aliphatic rings. The molecular formula is C20H25N3O4. The van der Waals surface area contributed by atoms with E-state index < -0.39 is 0 Å². The van der Waals surface area contributed by atoms with E-state index in [9.17, 15) is 9.59 Å². The number of piperidine rings is 1. The lowest BCUT2D eigenvalue weighted by molar-refractivity contribution is -0.136. The molecule has 0 saturated carbocycles. The fraction of sp³-hybridized carbons (Fsp3) is 0.450. The summed E-state index contributed by atoms with van der Waals surface area (Å²) in [6, 6.07) is 7.63. The lowest BCUT2D eigenvalue weighted by Gasteiger charge is -2.33. The first-order chi connectivity index (χ1) is 13.1. The molecule has 2 amide bonds. The summed E-state index contributed by atoms with van der Waals surface area (Å²) in [5, 5.41) is 2.57. The number of ether oxygens (including phenoxy) is 1. The first kappa shape index (κ1) is 18.9. The highest BCUT2D eigenvalue weighted by atomic mass is 16.5. The van der Waals surface area contributed by atoms with Gasteiger partial charge in [-0.15, -0.1) is 0 Å². The summed E-state index contributed by atoms with van der Waals surface area (Å²) >= 11 is 0. The van der Waals surface area contributed by atoms with Crippen molar-refractivity contribution in [3.8, 4) is 5.75 Å². The molecule has 0 spiro atoms. The van der Waals surface area contributed by atoms with Gasteiger partial charge in [0, 0.05) is 19.9 Å². The number of aromatic nitrogens is 1. The minimum absolute atomic E-state index is 0.00318. The monoisotopic (exact) mass is 371 g/mol. The van der Waals surface area contributed by atoms with Crippen LogP contribution in [0.3, 0.4) is 0 Å². The molecule has 1 aromatic carbocycles. The van der Waals surface area contributed by atoms with Crippen LogP contribution in [-0.4, -0.2) is 41.9 Å². The molecule has 27 heavy (non-hydrogen) atoms. The van der Waals surface area contributed by atoms with Crippen LogP contribution < -0.4 is 10.1 Å². The summed E-state index contributed by atoms with van der Waals surface area (Å²) in [7, 11) is 1.64. The van der Waals surface area contributed by atoms with Crippen LogP contribution in [0.15, 0.2) is 34.9 Å². The largest absolute Gasteiger partial charge is 0.497 e. The van der Waals surface area contributed by atoms with Gasteiger partial charge >= 0.3 is 0 Å². The average Bonchev–Trinajstić information content (AvgIpc) is 3.14. The molecule has 3 rings (SSSR count). The van der Waals surface area contributed by atoms with Crippen molar-refractivity contribution >= 4 is 11.8 Å². The zero-order valence-electron chi connectivity index (χ0n) is 15.7. The highest BCUT2D eigenvalue weighted by molar-refractivity contribution is 5.84. The lowest BCUT2D eigenvalue weighted by Crippen LogP contribution is -2.44. The van der Waals surface area contributed by atoms with Gasteiger partial charge in [-0.1, -0.05) is 12.1 Å². The van der Waals surface area contributed by atoms with Gasteiger partial charge in [-0.05, 0) is 37.0 Å². The van der Waals surface area contributed by atoms with Crippen LogP contribution in [0.2, 0.25) is 0 Å². The number of benzene rings is 1. The van der Waals surface area contributed by atoms with Crippen molar-refractivity contribution in [2.75, 3.05) is 20.2 Å². The Labute approximate surface area is 158 Å². The van der Waals surface area contributed by atoms with Gasteiger partial charge in [0.05, 0.1) is 19.9 Å². The predicted molar refractivity (Wildman–Crippen MR) is 99.3 cm³/mol. The number of amides is 2. The summed E-state index contributed by atoms with van der Waals surface area (Å²) in [5.41, 5.74) is 1.07. The Kier molecular flexibility index (Phi) is 6.11. The van der Waals surface area contributed by atoms with E-state index >= 15 is 0 Å². The number of rotatable bonds is 6. The zero-order valence-corrected chi connectivity index (χ0v) is 15.7. The molecule has 0 unspecified atom stereocenters. The first-order valence-electron chi connectivity index (χ1n) is 9.18. The summed E-state index contributed by atoms with van der Waals surface area (Å²) in [6.45, 7) is 2.06. The molecule has 1 saturated heterocycles. The normalized spacial score (nSPS) is 16.8. The standard InChI is InChI=1S/C20H25N3O4/c1-14(24)21-13-19(25)23-9-4-3-8-18(23)20-22-12-17(27-20)11-15-6-5-7-16(10-15)26-2/h5-7,10,12,18H,3-4,8-9,11,13H2,1-2H3,(H,21,24)/t18-/m1/s1. The molecule has 1 aliphatic heterocycles. The van der Waals surface area contributed by atoms with E-state index in [2.05, 4.69) is 10.3 Å². The Morgan fingerprint density at radius 2 is 2.22 bits per heavy atom. The summed E-state index contributed by atoms with van der Waals surface area (Å²) in [5.74, 6) is 1.78. The maximum Gasteiger partial charge on any atom is 0.242 e. The third-order valence-corrected chi connectivity index (χ3v) is 4.68. The fourth-order valence-electron chi connectivity index (χ4n) is 3.33. The van der Waals surface area contributed by atoms with Crippen molar-refractivity contribution in [1.82, 2.24) is 15.2 Å². The maximum absolute atomic E-state index is 12.5. The van der Waals surface area contributed by atoms with Crippen LogP contribution in [0, 0.1) is 0 Å². The van der Waals surface area contributed by atoms with Gasteiger partial charge in [0.1, 0.15) is 17.6 Å². The molecule has 0 bridgehead atoms. The van der Waals surface area contributed by atoms with E-state index in [-0.39, 0.29) is 24.4 Å². The third-order valence-electron chi connectivity index (χ3n) is 4.68. The quantitative estimate of drug-likeness (QED) is 0.843. The Balaban J connectivity index is 1.70. The van der Waals surface area contributed by atoms with E-state index in [1.165, 1.54) is 6.92 Å². The van der Waals surface area contributed by atoms with Crippen molar-refractivity contribution in [2.45, 2.75) is 38.6 Å². The van der Waals surface area contributed by atoms with Crippen LogP contribution in [-0.2, 0) is 16.0 Å². The number of carbonyl (C=O) groups excluding carboxylic acids is 2. The smallest absolute Gasteiger partial charge is 0.242 e. The van der Waals surface area contributed by atoms with Crippen molar-refractivity contribution < 1.29 is 18.7 Å². The van der Waals surface area contributed by atoms with Crippen molar-refractivity contribution in [2.24, 2.45) is 0 Å². The minimum Gasteiger partial charge on any atom is -0.497 e. The number of carbonyl (C=O) groups is 2. The molecule has 2 heterocycles. The van der Waals surface area contributed by atoms with E-state index in [0.717, 1.165) is 36.3 Å². The number of nitrogens with zero attached hydrogens (tertiary/aromatic N) is 2. The maximum atomic E-state index is 12.5. The van der Waals surface area contributed by atoms with Gasteiger partial charge in [-0.2, -0.15) is 0 Å². The zero-order chi connectivity index (χ0) is 19.2. The SMILES string of the molecule is COc1cccc(Cc2cnc([C@H]3CCCCN3C(=O)CNC(C)=O)o2)c1. The Morgan fingerprint density at radius 1 is 1.37 bits per heavy atom. The molecule has 1 N–H and O–H groups in total. The molecule has 1 atom stereocenters. The average molecular weight is 371 g/mol. The van der Waals surface area contributed by atoms with Crippen LogP contribution in [0.4, 0.5) is 0 Å². The second-order valence-corrected chi connectivity index (χ2v) is 6.70. The second kappa shape index (κ2) is 8.70. The summed E-state index contributed by atoms with van der Waals surface area (Å²) in [6.07, 6.45) is 5.10. The molecule has 7 heteroatoms. The fourth-order valence-corrected chi connectivity index (χ4v) is 3.33. The van der Waals surface area contributed by atoms with Gasteiger partial charge in [0.15, 0.2) is 0 Å². The van der Waals surface area contributed by atoms with Gasteiger partial charge in [-0.3, -0.25) is 9.59 Å². The Hall–Kier alpha value is -2.83. The molecule has 1 aromatic heterocycles. The molecular weight excluding hydrogens is 346 g/mol. The summed E-state index contributed by atoms with van der Waals surface area (Å²) in [4.78, 5) is 29.8. The van der Waals surface area contributed by atoms with Crippen molar-refractivity contribution in [3.63, 3.8) is 0 Å². The second-order valence-electron chi connectivity index (χ2n) is 6.70. The number of hydrogen-bond acceptors (Lipinski definition) is 5. The van der Waals surface area contributed by atoms with Crippen molar-refractivity contribution in [1.29, 1.82) is 0 Å². The highest BCUT2D eigenvalue weighted by Crippen LogP contribution is 2.31. The Morgan fingerprint density at radius 3 is 3.00 bits per heavy atom.